The van der Waals surface area contributed by atoms with Crippen molar-refractivity contribution in [3.05, 3.63) is 35.4 Å². The maximum absolute atomic E-state index is 12.1. The average Bonchev–Trinajstić information content (AvgIpc) is 2.85. The Bertz CT molecular complexity index is 497. The second-order valence-electron chi connectivity index (χ2n) is 6.17. The van der Waals surface area contributed by atoms with E-state index in [0.29, 0.717) is 12.5 Å². The molecule has 21 heavy (non-hydrogen) atoms. The lowest BCUT2D eigenvalue weighted by atomic mass is 10.1. The van der Waals surface area contributed by atoms with Gasteiger partial charge in [0.1, 0.15) is 0 Å². The number of rotatable bonds is 4. The predicted octanol–water partition coefficient (Wildman–Crippen LogP) is 2.12. The molecule has 1 aromatic rings. The fraction of sp³-hybridized carbons (Fsp3) is 0.588. The van der Waals surface area contributed by atoms with Gasteiger partial charge in [-0.3, -0.25) is 4.79 Å². The normalized spacial score (nSPS) is 24.9. The van der Waals surface area contributed by atoms with E-state index in [4.69, 9.17) is 5.73 Å². The van der Waals surface area contributed by atoms with Crippen LogP contribution >= 0.6 is 0 Å². The first kappa shape index (κ1) is 14.5. The van der Waals surface area contributed by atoms with E-state index >= 15 is 0 Å². The summed E-state index contributed by atoms with van der Waals surface area (Å²) in [5, 5.41) is 3.51. The Morgan fingerprint density at radius 2 is 1.90 bits per heavy atom. The molecule has 4 nitrogen and oxygen atoms in total. The Labute approximate surface area is 126 Å². The number of carbonyl (C=O) groups excluding carboxylic acids is 1. The third-order valence-electron chi connectivity index (χ3n) is 4.70. The van der Waals surface area contributed by atoms with Crippen LogP contribution in [0.2, 0.25) is 0 Å². The number of hydrogen-bond donors (Lipinski definition) is 2. The molecule has 4 heteroatoms. The Morgan fingerprint density at radius 3 is 2.67 bits per heavy atom. The Morgan fingerprint density at radius 1 is 1.19 bits per heavy atom. The van der Waals surface area contributed by atoms with Gasteiger partial charge in [-0.05, 0) is 36.8 Å². The zero-order valence-electron chi connectivity index (χ0n) is 12.6. The predicted molar refractivity (Wildman–Crippen MR) is 83.8 cm³/mol. The van der Waals surface area contributed by atoms with E-state index < -0.39 is 0 Å². The van der Waals surface area contributed by atoms with Gasteiger partial charge in [0.2, 0.25) is 5.91 Å². The van der Waals surface area contributed by atoms with Crippen molar-refractivity contribution in [2.75, 3.05) is 19.6 Å². The lowest BCUT2D eigenvalue weighted by Gasteiger charge is -2.27. The van der Waals surface area contributed by atoms with Gasteiger partial charge in [0.25, 0.3) is 0 Å². The highest BCUT2D eigenvalue weighted by Gasteiger charge is 2.27. The number of benzene rings is 1. The summed E-state index contributed by atoms with van der Waals surface area (Å²) in [5.74, 6) is 0.290. The Hall–Kier alpha value is -1.39. The minimum atomic E-state index is 0.122. The minimum Gasteiger partial charge on any atom is -0.343 e. The summed E-state index contributed by atoms with van der Waals surface area (Å²) in [6, 6.07) is 8.78. The lowest BCUT2D eigenvalue weighted by Crippen LogP contribution is -2.37. The van der Waals surface area contributed by atoms with E-state index in [1.807, 2.05) is 11.0 Å². The maximum atomic E-state index is 12.1. The molecular formula is C17H25N3O. The standard InChI is InChI=1S/C17H25N3O/c18-15-12-16(14-7-3-2-6-13(14)15)19-9-8-17(21)20-10-4-1-5-11-20/h2-3,6-7,15-16,19H,1,4-5,8-12,18H2. The van der Waals surface area contributed by atoms with Crippen molar-refractivity contribution >= 4 is 5.91 Å². The summed E-state index contributed by atoms with van der Waals surface area (Å²) in [4.78, 5) is 14.2. The molecular weight excluding hydrogens is 262 g/mol. The number of nitrogens with two attached hydrogens (primary N) is 1. The van der Waals surface area contributed by atoms with Crippen LogP contribution < -0.4 is 11.1 Å². The second kappa shape index (κ2) is 6.58. The van der Waals surface area contributed by atoms with Crippen LogP contribution in [0.5, 0.6) is 0 Å². The van der Waals surface area contributed by atoms with Crippen LogP contribution in [-0.2, 0) is 4.79 Å². The molecule has 2 aliphatic rings. The molecule has 1 aliphatic heterocycles. The second-order valence-corrected chi connectivity index (χ2v) is 6.17. The fourth-order valence-electron chi connectivity index (χ4n) is 3.52. The van der Waals surface area contributed by atoms with Crippen LogP contribution in [0.15, 0.2) is 24.3 Å². The summed E-state index contributed by atoms with van der Waals surface area (Å²) in [5.41, 5.74) is 8.72. The molecule has 2 unspecified atom stereocenters. The highest BCUT2D eigenvalue weighted by atomic mass is 16.2. The smallest absolute Gasteiger partial charge is 0.223 e. The van der Waals surface area contributed by atoms with Gasteiger partial charge >= 0.3 is 0 Å². The topological polar surface area (TPSA) is 58.4 Å². The molecule has 1 aromatic carbocycles. The average molecular weight is 287 g/mol. The largest absolute Gasteiger partial charge is 0.343 e. The van der Waals surface area contributed by atoms with Gasteiger partial charge in [-0.1, -0.05) is 24.3 Å². The number of fused-ring (bicyclic) bond motifs is 1. The molecule has 2 atom stereocenters. The number of nitrogens with one attached hydrogen (secondary N) is 1. The zero-order valence-corrected chi connectivity index (χ0v) is 12.6. The van der Waals surface area contributed by atoms with Crippen molar-refractivity contribution in [1.82, 2.24) is 10.2 Å². The molecule has 1 amide bonds. The van der Waals surface area contributed by atoms with Gasteiger partial charge in [0, 0.05) is 38.1 Å². The quantitative estimate of drug-likeness (QED) is 0.892. The molecule has 1 saturated heterocycles. The van der Waals surface area contributed by atoms with E-state index in [1.165, 1.54) is 17.5 Å². The SMILES string of the molecule is NC1CC(NCCC(=O)N2CCCCC2)c2ccccc21. The van der Waals surface area contributed by atoms with Gasteiger partial charge < -0.3 is 16.0 Å². The van der Waals surface area contributed by atoms with Crippen molar-refractivity contribution < 1.29 is 4.79 Å². The number of hydrogen-bond acceptors (Lipinski definition) is 3. The summed E-state index contributed by atoms with van der Waals surface area (Å²) >= 11 is 0. The molecule has 0 saturated carbocycles. The molecule has 3 N–H and O–H groups in total. The Balaban J connectivity index is 1.49. The van der Waals surface area contributed by atoms with Crippen LogP contribution in [0.3, 0.4) is 0 Å². The molecule has 0 radical (unpaired) electrons. The molecule has 1 aliphatic carbocycles. The van der Waals surface area contributed by atoms with Crippen molar-refractivity contribution in [2.45, 2.75) is 44.2 Å². The third kappa shape index (κ3) is 3.27. The van der Waals surface area contributed by atoms with Gasteiger partial charge in [-0.25, -0.2) is 0 Å². The summed E-state index contributed by atoms with van der Waals surface area (Å²) in [7, 11) is 0. The van der Waals surface area contributed by atoms with Gasteiger partial charge in [0.05, 0.1) is 0 Å². The van der Waals surface area contributed by atoms with Crippen LogP contribution in [-0.4, -0.2) is 30.4 Å². The number of likely N-dealkylation sites (tertiary alicyclic amines) is 1. The summed E-state index contributed by atoms with van der Waals surface area (Å²) < 4.78 is 0. The van der Waals surface area contributed by atoms with Crippen LogP contribution in [0.4, 0.5) is 0 Å². The van der Waals surface area contributed by atoms with Crippen LogP contribution in [0.25, 0.3) is 0 Å². The number of amides is 1. The van der Waals surface area contributed by atoms with E-state index in [2.05, 4.69) is 23.5 Å². The van der Waals surface area contributed by atoms with Gasteiger partial charge in [-0.15, -0.1) is 0 Å². The molecule has 3 rings (SSSR count). The fourth-order valence-corrected chi connectivity index (χ4v) is 3.52. The molecule has 0 aromatic heterocycles. The monoisotopic (exact) mass is 287 g/mol. The molecule has 1 heterocycles. The van der Waals surface area contributed by atoms with Crippen LogP contribution in [0.1, 0.15) is 55.3 Å². The van der Waals surface area contributed by atoms with Crippen molar-refractivity contribution in [3.8, 4) is 0 Å². The minimum absolute atomic E-state index is 0.122. The lowest BCUT2D eigenvalue weighted by molar-refractivity contribution is -0.132. The molecule has 0 bridgehead atoms. The number of carbonyl (C=O) groups is 1. The van der Waals surface area contributed by atoms with E-state index in [0.717, 1.165) is 38.9 Å². The Kier molecular flexibility index (Phi) is 4.56. The third-order valence-corrected chi connectivity index (χ3v) is 4.70. The van der Waals surface area contributed by atoms with Gasteiger partial charge in [0.15, 0.2) is 0 Å². The van der Waals surface area contributed by atoms with E-state index in [9.17, 15) is 4.79 Å². The molecule has 1 fully saturated rings. The first-order valence-electron chi connectivity index (χ1n) is 8.11. The summed E-state index contributed by atoms with van der Waals surface area (Å²) in [6.07, 6.45) is 5.10. The first-order chi connectivity index (χ1) is 10.3. The zero-order chi connectivity index (χ0) is 14.7. The van der Waals surface area contributed by atoms with Crippen molar-refractivity contribution in [3.63, 3.8) is 0 Å². The molecule has 0 spiro atoms. The summed E-state index contributed by atoms with van der Waals surface area (Å²) in [6.45, 7) is 2.62. The van der Waals surface area contributed by atoms with Crippen molar-refractivity contribution in [1.29, 1.82) is 0 Å². The first-order valence-corrected chi connectivity index (χ1v) is 8.11. The number of piperidine rings is 1. The van der Waals surface area contributed by atoms with Crippen molar-refractivity contribution in [2.24, 2.45) is 5.73 Å². The highest BCUT2D eigenvalue weighted by Crippen LogP contribution is 2.36. The van der Waals surface area contributed by atoms with Crippen LogP contribution in [0, 0.1) is 0 Å². The maximum Gasteiger partial charge on any atom is 0.223 e. The van der Waals surface area contributed by atoms with Gasteiger partial charge in [-0.2, -0.15) is 0 Å². The van der Waals surface area contributed by atoms with E-state index in [-0.39, 0.29) is 11.9 Å². The highest BCUT2D eigenvalue weighted by molar-refractivity contribution is 5.76. The molecule has 114 valence electrons. The number of nitrogens with zero attached hydrogens (tertiary/aromatic N) is 1. The van der Waals surface area contributed by atoms with E-state index in [1.54, 1.807) is 0 Å².